The maximum atomic E-state index is 11.2. The molecule has 2 rings (SSSR count). The molecule has 4 nitrogen and oxygen atoms in total. The molecule has 1 amide bonds. The summed E-state index contributed by atoms with van der Waals surface area (Å²) in [5, 5.41) is 15.0. The number of carbonyl (C=O) groups is 1. The van der Waals surface area contributed by atoms with E-state index in [2.05, 4.69) is 22.8 Å². The van der Waals surface area contributed by atoms with Gasteiger partial charge in [-0.25, -0.2) is 0 Å². The predicted molar refractivity (Wildman–Crippen MR) is 69.9 cm³/mol. The second-order valence-electron chi connectivity index (χ2n) is 5.13. The molecule has 0 saturated carbocycles. The minimum absolute atomic E-state index is 0.0824. The number of aryl methyl sites for hydroxylation is 1. The summed E-state index contributed by atoms with van der Waals surface area (Å²) in [5.74, 6) is 0.0824. The summed E-state index contributed by atoms with van der Waals surface area (Å²) in [6.07, 6.45) is 1.34. The Hall–Kier alpha value is -1.86. The van der Waals surface area contributed by atoms with Crippen molar-refractivity contribution >= 4 is 11.6 Å². The molecule has 4 heteroatoms. The molecule has 1 aromatic carbocycles. The Labute approximate surface area is 107 Å². The molecule has 0 fully saturated rings. The lowest BCUT2D eigenvalue weighted by Crippen LogP contribution is -2.36. The molecule has 0 atom stereocenters. The Kier molecular flexibility index (Phi) is 3.35. The fraction of sp³-hybridized carbons (Fsp3) is 0.429. The van der Waals surface area contributed by atoms with Gasteiger partial charge >= 0.3 is 0 Å². The van der Waals surface area contributed by atoms with E-state index in [9.17, 15) is 4.79 Å². The maximum Gasteiger partial charge on any atom is 0.224 e. The third-order valence-electron chi connectivity index (χ3n) is 3.08. The number of rotatable bonds is 3. The molecule has 1 aliphatic heterocycles. The van der Waals surface area contributed by atoms with E-state index < -0.39 is 5.54 Å². The predicted octanol–water partition coefficient (Wildman–Crippen LogP) is 1.96. The fourth-order valence-corrected chi connectivity index (χ4v) is 1.91. The Morgan fingerprint density at radius 3 is 2.94 bits per heavy atom. The largest absolute Gasteiger partial charge is 0.326 e. The van der Waals surface area contributed by atoms with Gasteiger partial charge in [-0.05, 0) is 37.5 Å². The zero-order valence-corrected chi connectivity index (χ0v) is 10.7. The highest BCUT2D eigenvalue weighted by molar-refractivity contribution is 5.93. The van der Waals surface area contributed by atoms with Crippen molar-refractivity contribution in [2.24, 2.45) is 0 Å². The smallest absolute Gasteiger partial charge is 0.224 e. The van der Waals surface area contributed by atoms with Crippen LogP contribution in [-0.4, -0.2) is 11.4 Å². The Morgan fingerprint density at radius 2 is 2.22 bits per heavy atom. The molecule has 2 N–H and O–H groups in total. The average Bonchev–Trinajstić information content (AvgIpc) is 2.36. The topological polar surface area (TPSA) is 64.9 Å². The highest BCUT2D eigenvalue weighted by Crippen LogP contribution is 2.23. The molecule has 0 radical (unpaired) electrons. The van der Waals surface area contributed by atoms with Crippen LogP contribution in [0.25, 0.3) is 0 Å². The van der Waals surface area contributed by atoms with E-state index in [1.54, 1.807) is 0 Å². The molecule has 0 aliphatic carbocycles. The summed E-state index contributed by atoms with van der Waals surface area (Å²) in [5.41, 5.74) is 2.69. The Morgan fingerprint density at radius 1 is 1.44 bits per heavy atom. The van der Waals surface area contributed by atoms with Gasteiger partial charge in [0.1, 0.15) is 5.54 Å². The van der Waals surface area contributed by atoms with Crippen LogP contribution in [0.1, 0.15) is 31.4 Å². The van der Waals surface area contributed by atoms with Crippen LogP contribution in [-0.2, 0) is 17.8 Å². The van der Waals surface area contributed by atoms with Gasteiger partial charge in [-0.1, -0.05) is 12.1 Å². The first-order chi connectivity index (χ1) is 8.50. The molecule has 94 valence electrons. The highest BCUT2D eigenvalue weighted by atomic mass is 16.1. The van der Waals surface area contributed by atoms with Gasteiger partial charge in [-0.3, -0.25) is 10.1 Å². The average molecular weight is 243 g/mol. The van der Waals surface area contributed by atoms with Gasteiger partial charge in [-0.15, -0.1) is 0 Å². The molecule has 1 aromatic rings. The van der Waals surface area contributed by atoms with Crippen LogP contribution in [0.3, 0.4) is 0 Å². The van der Waals surface area contributed by atoms with E-state index in [4.69, 9.17) is 5.26 Å². The van der Waals surface area contributed by atoms with Gasteiger partial charge in [0.05, 0.1) is 6.07 Å². The van der Waals surface area contributed by atoms with Crippen molar-refractivity contribution in [2.45, 2.75) is 38.8 Å². The van der Waals surface area contributed by atoms with E-state index in [0.717, 1.165) is 17.7 Å². The summed E-state index contributed by atoms with van der Waals surface area (Å²) < 4.78 is 0. The van der Waals surface area contributed by atoms with Crippen molar-refractivity contribution in [3.05, 3.63) is 29.3 Å². The molecule has 0 aromatic heterocycles. The number of amides is 1. The highest BCUT2D eigenvalue weighted by Gasteiger charge is 2.17. The van der Waals surface area contributed by atoms with Crippen molar-refractivity contribution in [2.75, 3.05) is 5.32 Å². The number of hydrogen-bond acceptors (Lipinski definition) is 3. The van der Waals surface area contributed by atoms with Gasteiger partial charge in [0.15, 0.2) is 0 Å². The number of nitrogens with one attached hydrogen (secondary N) is 2. The molecule has 0 bridgehead atoms. The van der Waals surface area contributed by atoms with Crippen LogP contribution in [0.4, 0.5) is 5.69 Å². The second kappa shape index (κ2) is 4.79. The Balaban J connectivity index is 2.08. The first kappa shape index (κ1) is 12.6. The standard InChI is InChI=1S/C14H17N3O/c1-14(2,9-15)16-8-10-3-5-12-11(7-10)4-6-13(18)17-12/h3,5,7,16H,4,6,8H2,1-2H3,(H,17,18). The molecule has 0 unspecified atom stereocenters. The second-order valence-corrected chi connectivity index (χ2v) is 5.13. The molecule has 1 heterocycles. The van der Waals surface area contributed by atoms with Crippen LogP contribution in [0.15, 0.2) is 18.2 Å². The van der Waals surface area contributed by atoms with E-state index >= 15 is 0 Å². The number of benzene rings is 1. The van der Waals surface area contributed by atoms with Gasteiger partial charge in [-0.2, -0.15) is 5.26 Å². The van der Waals surface area contributed by atoms with E-state index in [0.29, 0.717) is 13.0 Å². The van der Waals surface area contributed by atoms with Gasteiger partial charge in [0, 0.05) is 18.7 Å². The fourth-order valence-electron chi connectivity index (χ4n) is 1.91. The van der Waals surface area contributed by atoms with Crippen LogP contribution < -0.4 is 10.6 Å². The number of nitrogens with zero attached hydrogens (tertiary/aromatic N) is 1. The summed E-state index contributed by atoms with van der Waals surface area (Å²) in [6, 6.07) is 8.21. The lowest BCUT2D eigenvalue weighted by Gasteiger charge is -2.20. The van der Waals surface area contributed by atoms with Gasteiger partial charge in [0.25, 0.3) is 0 Å². The zero-order valence-electron chi connectivity index (χ0n) is 10.7. The number of fused-ring (bicyclic) bond motifs is 1. The number of hydrogen-bond donors (Lipinski definition) is 2. The molecule has 0 spiro atoms. The first-order valence-corrected chi connectivity index (χ1v) is 6.08. The van der Waals surface area contributed by atoms with Crippen molar-refractivity contribution in [3.8, 4) is 6.07 Å². The molecule has 0 saturated heterocycles. The minimum Gasteiger partial charge on any atom is -0.326 e. The lowest BCUT2D eigenvalue weighted by molar-refractivity contribution is -0.116. The van der Waals surface area contributed by atoms with Crippen LogP contribution in [0, 0.1) is 11.3 Å². The maximum absolute atomic E-state index is 11.2. The molecule has 1 aliphatic rings. The van der Waals surface area contributed by atoms with Crippen LogP contribution >= 0.6 is 0 Å². The number of carbonyl (C=O) groups excluding carboxylic acids is 1. The summed E-state index contributed by atoms with van der Waals surface area (Å²) in [4.78, 5) is 11.2. The summed E-state index contributed by atoms with van der Waals surface area (Å²) in [7, 11) is 0. The van der Waals surface area contributed by atoms with Crippen molar-refractivity contribution in [3.63, 3.8) is 0 Å². The normalized spacial score (nSPS) is 14.6. The van der Waals surface area contributed by atoms with Gasteiger partial charge < -0.3 is 5.32 Å². The molecular formula is C14H17N3O. The van der Waals surface area contributed by atoms with Crippen LogP contribution in [0.2, 0.25) is 0 Å². The van der Waals surface area contributed by atoms with E-state index in [1.807, 2.05) is 26.0 Å². The first-order valence-electron chi connectivity index (χ1n) is 6.08. The third-order valence-corrected chi connectivity index (χ3v) is 3.08. The minimum atomic E-state index is -0.524. The lowest BCUT2D eigenvalue weighted by atomic mass is 10.00. The zero-order chi connectivity index (χ0) is 13.2. The summed E-state index contributed by atoms with van der Waals surface area (Å²) in [6.45, 7) is 4.36. The Bertz CT molecular complexity index is 514. The number of anilines is 1. The van der Waals surface area contributed by atoms with E-state index in [-0.39, 0.29) is 5.91 Å². The third kappa shape index (κ3) is 2.88. The van der Waals surface area contributed by atoms with Crippen molar-refractivity contribution < 1.29 is 4.79 Å². The van der Waals surface area contributed by atoms with Crippen LogP contribution in [0.5, 0.6) is 0 Å². The van der Waals surface area contributed by atoms with E-state index in [1.165, 1.54) is 5.56 Å². The van der Waals surface area contributed by atoms with Crippen molar-refractivity contribution in [1.29, 1.82) is 5.26 Å². The number of nitriles is 1. The molecule has 18 heavy (non-hydrogen) atoms. The van der Waals surface area contributed by atoms with Crippen molar-refractivity contribution in [1.82, 2.24) is 5.32 Å². The summed E-state index contributed by atoms with van der Waals surface area (Å²) >= 11 is 0. The monoisotopic (exact) mass is 243 g/mol. The quantitative estimate of drug-likeness (QED) is 0.853. The molecular weight excluding hydrogens is 226 g/mol. The SMILES string of the molecule is CC(C)(C#N)NCc1ccc2c(c1)CCC(=O)N2. The van der Waals surface area contributed by atoms with Gasteiger partial charge in [0.2, 0.25) is 5.91 Å².